The maximum absolute atomic E-state index is 10.8. The summed E-state index contributed by atoms with van der Waals surface area (Å²) < 4.78 is 0. The number of hydrogen-bond donors (Lipinski definition) is 3. The van der Waals surface area contributed by atoms with Gasteiger partial charge in [0, 0.05) is 0 Å². The summed E-state index contributed by atoms with van der Waals surface area (Å²) in [6, 6.07) is 16.3. The zero-order valence-electron chi connectivity index (χ0n) is 21.6. The van der Waals surface area contributed by atoms with Gasteiger partial charge in [-0.15, -0.1) is 0 Å². The second-order valence-electron chi connectivity index (χ2n) is 10.1. The van der Waals surface area contributed by atoms with Crippen LogP contribution in [0.15, 0.2) is 54.6 Å². The van der Waals surface area contributed by atoms with E-state index in [0.29, 0.717) is 16.7 Å². The Hall–Kier alpha value is -3.93. The predicted octanol–water partition coefficient (Wildman–Crippen LogP) is 7.36. The lowest BCUT2D eigenvalue weighted by atomic mass is 9.99. The van der Waals surface area contributed by atoms with Crippen molar-refractivity contribution in [3.8, 4) is 51.4 Å². The third-order valence-corrected chi connectivity index (χ3v) is 6.42. The molecule has 0 unspecified atom stereocenters. The molecule has 3 aromatic carbocycles. The van der Waals surface area contributed by atoms with Crippen molar-refractivity contribution in [3.63, 3.8) is 0 Å². The highest BCUT2D eigenvalue weighted by atomic mass is 16.3. The molecule has 3 N–H and O–H groups in total. The van der Waals surface area contributed by atoms with Crippen molar-refractivity contribution in [2.75, 3.05) is 0 Å². The van der Waals surface area contributed by atoms with Crippen LogP contribution in [0.2, 0.25) is 0 Å². The van der Waals surface area contributed by atoms with E-state index in [1.807, 2.05) is 18.2 Å². The number of phenolic OH excluding ortho intramolecular Hbond substituents is 3. The lowest BCUT2D eigenvalue weighted by Crippen LogP contribution is -2.02. The molecule has 186 valence electrons. The minimum Gasteiger partial charge on any atom is -0.507 e. The molecule has 6 heteroatoms. The lowest BCUT2D eigenvalue weighted by Gasteiger charge is -2.14. The number of nitrogens with zero attached hydrogens (tertiary/aromatic N) is 3. The molecule has 1 aromatic heterocycles. The van der Waals surface area contributed by atoms with E-state index in [0.717, 1.165) is 16.7 Å². The smallest absolute Gasteiger partial charge is 0.167 e. The minimum atomic E-state index is 0.0584. The summed E-state index contributed by atoms with van der Waals surface area (Å²) in [6.45, 7) is 12.3. The first-order chi connectivity index (χ1) is 17.0. The molecule has 6 nitrogen and oxygen atoms in total. The van der Waals surface area contributed by atoms with Gasteiger partial charge in [0.1, 0.15) is 17.2 Å². The molecule has 4 rings (SSSR count). The number of hydrogen-bond acceptors (Lipinski definition) is 6. The van der Waals surface area contributed by atoms with E-state index in [1.54, 1.807) is 36.4 Å². The van der Waals surface area contributed by atoms with Gasteiger partial charge in [-0.3, -0.25) is 0 Å². The van der Waals surface area contributed by atoms with Crippen LogP contribution in [0.25, 0.3) is 34.2 Å². The first-order valence-electron chi connectivity index (χ1n) is 12.3. The fraction of sp³-hybridized carbons (Fsp3) is 0.300. The highest BCUT2D eigenvalue weighted by Gasteiger charge is 2.19. The highest BCUT2D eigenvalue weighted by Crippen LogP contribution is 2.37. The van der Waals surface area contributed by atoms with Crippen LogP contribution in [0, 0.1) is 0 Å². The topological polar surface area (TPSA) is 99.4 Å². The van der Waals surface area contributed by atoms with Crippen LogP contribution in [0.1, 0.15) is 76.0 Å². The molecule has 0 aliphatic rings. The predicted molar refractivity (Wildman–Crippen MR) is 143 cm³/mol. The average molecular weight is 484 g/mol. The number of rotatable bonds is 6. The van der Waals surface area contributed by atoms with E-state index in [1.165, 1.54) is 0 Å². The molecule has 0 aliphatic heterocycles. The first kappa shape index (κ1) is 25.2. The largest absolute Gasteiger partial charge is 0.507 e. The second kappa shape index (κ2) is 9.97. The van der Waals surface area contributed by atoms with Crippen LogP contribution in [0.4, 0.5) is 0 Å². The van der Waals surface area contributed by atoms with Gasteiger partial charge in [0.2, 0.25) is 0 Å². The highest BCUT2D eigenvalue weighted by molar-refractivity contribution is 5.74. The van der Waals surface area contributed by atoms with E-state index in [2.05, 4.69) is 56.5 Å². The number of phenols is 3. The molecule has 0 amide bonds. The van der Waals surface area contributed by atoms with Gasteiger partial charge in [0.25, 0.3) is 0 Å². The van der Waals surface area contributed by atoms with Crippen LogP contribution in [0.5, 0.6) is 17.2 Å². The van der Waals surface area contributed by atoms with Gasteiger partial charge in [-0.05, 0) is 70.8 Å². The zero-order valence-corrected chi connectivity index (χ0v) is 21.6. The van der Waals surface area contributed by atoms with Crippen LogP contribution in [-0.2, 0) is 0 Å². The van der Waals surface area contributed by atoms with Gasteiger partial charge >= 0.3 is 0 Å². The number of aromatic nitrogens is 3. The normalized spacial score (nSPS) is 11.6. The molecular weight excluding hydrogens is 450 g/mol. The minimum absolute atomic E-state index is 0.0584. The molecular formula is C30H33N3O3. The maximum atomic E-state index is 10.8. The van der Waals surface area contributed by atoms with E-state index in [9.17, 15) is 15.3 Å². The van der Waals surface area contributed by atoms with Crippen LogP contribution < -0.4 is 0 Å². The van der Waals surface area contributed by atoms with Gasteiger partial charge < -0.3 is 15.3 Å². The van der Waals surface area contributed by atoms with E-state index in [4.69, 9.17) is 0 Å². The quantitative estimate of drug-likeness (QED) is 0.265. The summed E-state index contributed by atoms with van der Waals surface area (Å²) in [4.78, 5) is 13.9. The van der Waals surface area contributed by atoms with Gasteiger partial charge in [-0.2, -0.15) is 0 Å². The standard InChI is InChI=1S/C30H33N3O3/c1-16(2)19-7-10-22(25(34)13-19)28-31-29(23-11-8-20(17(3)4)14-26(23)35)33-30(32-28)24-12-9-21(18(5)6)15-27(24)36/h7-18,34-36H,1-6H3. The Labute approximate surface area is 212 Å². The molecule has 1 heterocycles. The third-order valence-electron chi connectivity index (χ3n) is 6.42. The Balaban J connectivity index is 1.93. The Kier molecular flexibility index (Phi) is 6.97. The van der Waals surface area contributed by atoms with Gasteiger partial charge in [0.15, 0.2) is 17.5 Å². The molecule has 4 aromatic rings. The maximum Gasteiger partial charge on any atom is 0.167 e. The fourth-order valence-corrected chi connectivity index (χ4v) is 4.03. The van der Waals surface area contributed by atoms with Gasteiger partial charge in [-0.25, -0.2) is 15.0 Å². The van der Waals surface area contributed by atoms with Crippen molar-refractivity contribution in [1.29, 1.82) is 0 Å². The van der Waals surface area contributed by atoms with Gasteiger partial charge in [-0.1, -0.05) is 59.7 Å². The summed E-state index contributed by atoms with van der Waals surface area (Å²) in [6.07, 6.45) is 0. The van der Waals surface area contributed by atoms with E-state index < -0.39 is 0 Å². The Morgan fingerprint density at radius 3 is 0.889 bits per heavy atom. The Morgan fingerprint density at radius 2 is 0.694 bits per heavy atom. The molecule has 0 atom stereocenters. The average Bonchev–Trinajstić information content (AvgIpc) is 2.83. The number of benzene rings is 3. The van der Waals surface area contributed by atoms with Crippen LogP contribution >= 0.6 is 0 Å². The van der Waals surface area contributed by atoms with E-state index in [-0.39, 0.29) is 52.5 Å². The molecule has 0 saturated heterocycles. The fourth-order valence-electron chi connectivity index (χ4n) is 4.03. The van der Waals surface area contributed by atoms with Crippen molar-refractivity contribution in [3.05, 3.63) is 71.3 Å². The third kappa shape index (κ3) is 5.03. The van der Waals surface area contributed by atoms with Crippen molar-refractivity contribution in [2.45, 2.75) is 59.3 Å². The lowest BCUT2D eigenvalue weighted by molar-refractivity contribution is 0.475. The summed E-state index contributed by atoms with van der Waals surface area (Å²) in [5.41, 5.74) is 4.32. The summed E-state index contributed by atoms with van der Waals surface area (Å²) in [5.74, 6) is 1.69. The monoisotopic (exact) mass is 483 g/mol. The molecule has 0 bridgehead atoms. The SMILES string of the molecule is CC(C)c1ccc(-c2nc(-c3ccc(C(C)C)cc3O)nc(-c3ccc(C(C)C)cc3O)n2)c(O)c1. The second-order valence-corrected chi connectivity index (χ2v) is 10.1. The van der Waals surface area contributed by atoms with Gasteiger partial charge in [0.05, 0.1) is 16.7 Å². The Bertz CT molecular complexity index is 1230. The molecule has 0 fully saturated rings. The van der Waals surface area contributed by atoms with Crippen molar-refractivity contribution < 1.29 is 15.3 Å². The van der Waals surface area contributed by atoms with E-state index >= 15 is 0 Å². The summed E-state index contributed by atoms with van der Waals surface area (Å²) in [5, 5.41) is 32.5. The zero-order chi connectivity index (χ0) is 26.1. The summed E-state index contributed by atoms with van der Waals surface area (Å²) in [7, 11) is 0. The molecule has 0 spiro atoms. The molecule has 0 aliphatic carbocycles. The first-order valence-corrected chi connectivity index (χ1v) is 12.3. The van der Waals surface area contributed by atoms with Crippen LogP contribution in [0.3, 0.4) is 0 Å². The van der Waals surface area contributed by atoms with Crippen molar-refractivity contribution in [1.82, 2.24) is 15.0 Å². The van der Waals surface area contributed by atoms with Crippen molar-refractivity contribution >= 4 is 0 Å². The number of aromatic hydroxyl groups is 3. The molecule has 36 heavy (non-hydrogen) atoms. The molecule has 0 saturated carbocycles. The molecule has 0 radical (unpaired) electrons. The summed E-state index contributed by atoms with van der Waals surface area (Å²) >= 11 is 0. The van der Waals surface area contributed by atoms with Crippen molar-refractivity contribution in [2.24, 2.45) is 0 Å². The van der Waals surface area contributed by atoms with Crippen LogP contribution in [-0.4, -0.2) is 30.3 Å². The Morgan fingerprint density at radius 1 is 0.444 bits per heavy atom.